The molecule has 0 atom stereocenters. The van der Waals surface area contributed by atoms with Crippen molar-refractivity contribution in [1.29, 1.82) is 0 Å². The normalized spacial score (nSPS) is 17.2. The van der Waals surface area contributed by atoms with Crippen molar-refractivity contribution in [2.24, 2.45) is 0 Å². The molecule has 94 valence electrons. The molecule has 0 aliphatic carbocycles. The second-order valence-electron chi connectivity index (χ2n) is 4.43. The van der Waals surface area contributed by atoms with Gasteiger partial charge < -0.3 is 10.6 Å². The fourth-order valence-electron chi connectivity index (χ4n) is 2.12. The summed E-state index contributed by atoms with van der Waals surface area (Å²) in [5.74, 6) is 1.10. The largest absolute Gasteiger partial charge is 0.398 e. The molecule has 1 aromatic rings. The van der Waals surface area contributed by atoms with Gasteiger partial charge in [-0.2, -0.15) is 0 Å². The molecule has 17 heavy (non-hydrogen) atoms. The van der Waals surface area contributed by atoms with Crippen molar-refractivity contribution in [2.45, 2.75) is 24.2 Å². The third-order valence-electron chi connectivity index (χ3n) is 3.09. The van der Waals surface area contributed by atoms with Gasteiger partial charge in [0.25, 0.3) is 0 Å². The minimum Gasteiger partial charge on any atom is -0.398 e. The molecule has 1 fully saturated rings. The molecule has 0 spiro atoms. The van der Waals surface area contributed by atoms with Crippen LogP contribution in [0, 0.1) is 0 Å². The lowest BCUT2D eigenvalue weighted by Gasteiger charge is -2.26. The molecule has 0 unspecified atom stereocenters. The summed E-state index contributed by atoms with van der Waals surface area (Å²) in [6.45, 7) is 3.68. The topological polar surface area (TPSA) is 29.3 Å². The zero-order valence-electron chi connectivity index (χ0n) is 9.99. The van der Waals surface area contributed by atoms with Gasteiger partial charge in [-0.1, -0.05) is 18.0 Å². The fraction of sp³-hybridized carbons (Fsp3) is 0.538. The van der Waals surface area contributed by atoms with Crippen LogP contribution in [0.15, 0.2) is 23.1 Å². The molecule has 2 N–H and O–H groups in total. The van der Waals surface area contributed by atoms with E-state index in [1.807, 2.05) is 30.0 Å². The highest BCUT2D eigenvalue weighted by Crippen LogP contribution is 2.27. The molecule has 0 radical (unpaired) electrons. The van der Waals surface area contributed by atoms with Crippen molar-refractivity contribution in [3.8, 4) is 0 Å². The Bertz CT molecular complexity index is 364. The van der Waals surface area contributed by atoms with Gasteiger partial charge in [0, 0.05) is 27.9 Å². The first-order valence-electron chi connectivity index (χ1n) is 6.16. The van der Waals surface area contributed by atoms with Crippen LogP contribution in [-0.2, 0) is 0 Å². The minimum atomic E-state index is 0.711. The molecule has 1 aliphatic heterocycles. The minimum absolute atomic E-state index is 0.711. The number of nitrogens with two attached hydrogens (primary N) is 1. The molecule has 4 heteroatoms. The highest BCUT2D eigenvalue weighted by molar-refractivity contribution is 7.99. The van der Waals surface area contributed by atoms with E-state index in [2.05, 4.69) is 4.90 Å². The van der Waals surface area contributed by atoms with Crippen LogP contribution in [0.1, 0.15) is 19.3 Å². The van der Waals surface area contributed by atoms with E-state index in [0.717, 1.165) is 22.9 Å². The number of hydrogen-bond acceptors (Lipinski definition) is 3. The maximum Gasteiger partial charge on any atom is 0.0467 e. The Kier molecular flexibility index (Phi) is 5.01. The van der Waals surface area contributed by atoms with Crippen LogP contribution in [0.3, 0.4) is 0 Å². The molecule has 1 heterocycles. The summed E-state index contributed by atoms with van der Waals surface area (Å²) in [5.41, 5.74) is 6.71. The lowest BCUT2D eigenvalue weighted by molar-refractivity contribution is 0.242. The maximum atomic E-state index is 5.92. The molecule has 1 aromatic carbocycles. The highest BCUT2D eigenvalue weighted by Gasteiger charge is 2.09. The first kappa shape index (κ1) is 13.1. The summed E-state index contributed by atoms with van der Waals surface area (Å²) < 4.78 is 0. The number of nitrogens with zero attached hydrogens (tertiary/aromatic N) is 1. The fourth-order valence-corrected chi connectivity index (χ4v) is 3.26. The maximum absolute atomic E-state index is 5.92. The Hall–Kier alpha value is -0.380. The van der Waals surface area contributed by atoms with Crippen LogP contribution in [0.25, 0.3) is 0 Å². The number of nitrogen functional groups attached to an aromatic ring is 1. The number of halogens is 1. The van der Waals surface area contributed by atoms with Gasteiger partial charge in [-0.15, -0.1) is 11.8 Å². The molecule has 1 saturated heterocycles. The van der Waals surface area contributed by atoms with Gasteiger partial charge in [0.05, 0.1) is 0 Å². The Morgan fingerprint density at radius 2 is 2.00 bits per heavy atom. The number of likely N-dealkylation sites (tertiary alicyclic amines) is 1. The van der Waals surface area contributed by atoms with E-state index >= 15 is 0 Å². The molecule has 0 amide bonds. The molecule has 0 bridgehead atoms. The van der Waals surface area contributed by atoms with Crippen LogP contribution in [0.2, 0.25) is 5.02 Å². The highest BCUT2D eigenvalue weighted by atomic mass is 35.5. The van der Waals surface area contributed by atoms with Gasteiger partial charge in [-0.25, -0.2) is 0 Å². The van der Waals surface area contributed by atoms with Crippen LogP contribution in [0.5, 0.6) is 0 Å². The van der Waals surface area contributed by atoms with E-state index in [-0.39, 0.29) is 0 Å². The Balaban J connectivity index is 1.77. The standard InChI is InChI=1S/C13H19ClN2S/c14-11-4-5-13(12(15)10-11)17-9-8-16-6-2-1-3-7-16/h4-5,10H,1-3,6-9,15H2. The predicted octanol–water partition coefficient (Wildman–Crippen LogP) is 3.50. The van der Waals surface area contributed by atoms with Crippen molar-refractivity contribution >= 4 is 29.1 Å². The third kappa shape index (κ3) is 4.09. The zero-order chi connectivity index (χ0) is 12.1. The van der Waals surface area contributed by atoms with Crippen LogP contribution in [-0.4, -0.2) is 30.3 Å². The summed E-state index contributed by atoms with van der Waals surface area (Å²) in [7, 11) is 0. The van der Waals surface area contributed by atoms with Crippen molar-refractivity contribution < 1.29 is 0 Å². The van der Waals surface area contributed by atoms with Crippen LogP contribution < -0.4 is 5.73 Å². The third-order valence-corrected chi connectivity index (χ3v) is 4.39. The molecule has 1 aliphatic rings. The van der Waals surface area contributed by atoms with E-state index in [9.17, 15) is 0 Å². The number of anilines is 1. The lowest BCUT2D eigenvalue weighted by atomic mass is 10.1. The Morgan fingerprint density at radius 1 is 1.24 bits per heavy atom. The van der Waals surface area contributed by atoms with E-state index < -0.39 is 0 Å². The summed E-state index contributed by atoms with van der Waals surface area (Å²) in [6.07, 6.45) is 4.11. The van der Waals surface area contributed by atoms with E-state index in [4.69, 9.17) is 17.3 Å². The Morgan fingerprint density at radius 3 is 2.71 bits per heavy atom. The lowest BCUT2D eigenvalue weighted by Crippen LogP contribution is -2.31. The number of piperidine rings is 1. The average Bonchev–Trinajstić information content (AvgIpc) is 2.33. The van der Waals surface area contributed by atoms with Gasteiger partial charge in [0.2, 0.25) is 0 Å². The summed E-state index contributed by atoms with van der Waals surface area (Å²) in [4.78, 5) is 3.69. The molecule has 0 saturated carbocycles. The van der Waals surface area contributed by atoms with Crippen molar-refractivity contribution in [3.05, 3.63) is 23.2 Å². The number of hydrogen-bond donors (Lipinski definition) is 1. The van der Waals surface area contributed by atoms with Gasteiger partial charge in [-0.3, -0.25) is 0 Å². The SMILES string of the molecule is Nc1cc(Cl)ccc1SCCN1CCCCC1. The molecule has 2 nitrogen and oxygen atoms in total. The first-order chi connectivity index (χ1) is 8.25. The van der Waals surface area contributed by atoms with Crippen molar-refractivity contribution in [1.82, 2.24) is 4.90 Å². The molecular formula is C13H19ClN2S. The summed E-state index contributed by atoms with van der Waals surface area (Å²) in [5, 5.41) is 0.711. The van der Waals surface area contributed by atoms with Gasteiger partial charge in [0.1, 0.15) is 0 Å². The van der Waals surface area contributed by atoms with E-state index in [1.165, 1.54) is 32.4 Å². The second-order valence-corrected chi connectivity index (χ2v) is 6.01. The molecular weight excluding hydrogens is 252 g/mol. The van der Waals surface area contributed by atoms with Gasteiger partial charge in [0.15, 0.2) is 0 Å². The predicted molar refractivity (Wildman–Crippen MR) is 76.9 cm³/mol. The molecule has 2 rings (SSSR count). The zero-order valence-corrected chi connectivity index (χ0v) is 11.6. The first-order valence-corrected chi connectivity index (χ1v) is 7.52. The van der Waals surface area contributed by atoms with Gasteiger partial charge >= 0.3 is 0 Å². The van der Waals surface area contributed by atoms with E-state index in [1.54, 1.807) is 0 Å². The summed E-state index contributed by atoms with van der Waals surface area (Å²) in [6, 6.07) is 5.74. The second kappa shape index (κ2) is 6.53. The number of benzene rings is 1. The van der Waals surface area contributed by atoms with Crippen LogP contribution in [0.4, 0.5) is 5.69 Å². The van der Waals surface area contributed by atoms with Crippen molar-refractivity contribution in [2.75, 3.05) is 31.1 Å². The number of thioether (sulfide) groups is 1. The quantitative estimate of drug-likeness (QED) is 0.671. The summed E-state index contributed by atoms with van der Waals surface area (Å²) >= 11 is 7.70. The average molecular weight is 271 g/mol. The Labute approximate surface area is 113 Å². The molecule has 0 aromatic heterocycles. The smallest absolute Gasteiger partial charge is 0.0467 e. The van der Waals surface area contributed by atoms with Gasteiger partial charge in [-0.05, 0) is 44.1 Å². The van der Waals surface area contributed by atoms with E-state index in [0.29, 0.717) is 5.02 Å². The number of rotatable bonds is 4. The van der Waals surface area contributed by atoms with Crippen molar-refractivity contribution in [3.63, 3.8) is 0 Å². The van der Waals surface area contributed by atoms with Crippen LogP contribution >= 0.6 is 23.4 Å². The monoisotopic (exact) mass is 270 g/mol.